The summed E-state index contributed by atoms with van der Waals surface area (Å²) in [6.45, 7) is 8.68. The van der Waals surface area contributed by atoms with Crippen LogP contribution in [0.2, 0.25) is 0 Å². The molecule has 0 bridgehead atoms. The maximum Gasteiger partial charge on any atom is 0.328 e. The van der Waals surface area contributed by atoms with Gasteiger partial charge >= 0.3 is 5.97 Å². The Labute approximate surface area is 145 Å². The molecule has 2 rings (SSSR count). The molecule has 132 valence electrons. The lowest BCUT2D eigenvalue weighted by Crippen LogP contribution is -2.45. The molecule has 2 N–H and O–H groups in total. The monoisotopic (exact) mass is 330 g/mol. The van der Waals surface area contributed by atoms with E-state index in [2.05, 4.69) is 45.9 Å². The van der Waals surface area contributed by atoms with Gasteiger partial charge in [-0.1, -0.05) is 48.5 Å². The molecule has 0 amide bonds. The minimum atomic E-state index is -0.931. The van der Waals surface area contributed by atoms with E-state index in [-0.39, 0.29) is 12.0 Å². The van der Waals surface area contributed by atoms with Gasteiger partial charge in [0.2, 0.25) is 0 Å². The second-order valence-electron chi connectivity index (χ2n) is 7.36. The van der Waals surface area contributed by atoms with Crippen LogP contribution < -0.4 is 0 Å². The summed E-state index contributed by atoms with van der Waals surface area (Å²) in [7, 11) is 0. The van der Waals surface area contributed by atoms with E-state index in [1.807, 2.05) is 6.08 Å². The van der Waals surface area contributed by atoms with Gasteiger partial charge in [-0.25, -0.2) is 4.79 Å². The van der Waals surface area contributed by atoms with Gasteiger partial charge in [-0.05, 0) is 51.4 Å². The second-order valence-corrected chi connectivity index (χ2v) is 7.36. The van der Waals surface area contributed by atoms with Crippen LogP contribution in [-0.2, 0) is 4.79 Å². The average Bonchev–Trinajstić information content (AvgIpc) is 2.53. The Morgan fingerprint density at radius 1 is 1.29 bits per heavy atom. The highest BCUT2D eigenvalue weighted by Crippen LogP contribution is 2.50. The van der Waals surface area contributed by atoms with Crippen LogP contribution in [0.15, 0.2) is 47.6 Å². The molecule has 2 aliphatic rings. The molecule has 3 nitrogen and oxygen atoms in total. The highest BCUT2D eigenvalue weighted by Gasteiger charge is 2.45. The van der Waals surface area contributed by atoms with Crippen LogP contribution in [-0.4, -0.2) is 22.3 Å². The van der Waals surface area contributed by atoms with E-state index in [9.17, 15) is 9.90 Å². The summed E-state index contributed by atoms with van der Waals surface area (Å²) < 4.78 is 0. The maximum absolute atomic E-state index is 10.7. The van der Waals surface area contributed by atoms with Crippen molar-refractivity contribution in [3.05, 3.63) is 47.6 Å². The maximum atomic E-state index is 10.7. The van der Waals surface area contributed by atoms with Crippen molar-refractivity contribution >= 4 is 5.97 Å². The van der Waals surface area contributed by atoms with Crippen molar-refractivity contribution in [2.24, 2.45) is 29.6 Å². The largest absolute Gasteiger partial charge is 0.478 e. The van der Waals surface area contributed by atoms with Gasteiger partial charge < -0.3 is 10.2 Å². The average molecular weight is 330 g/mol. The second kappa shape index (κ2) is 7.98. The Morgan fingerprint density at radius 2 is 2.00 bits per heavy atom. The molecular weight excluding hydrogens is 300 g/mol. The lowest BCUT2D eigenvalue weighted by atomic mass is 9.57. The zero-order chi connectivity index (χ0) is 17.9. The SMILES string of the molecule is C/C=C(/C)[C@@H]1C(C)=CC2C(O)CC[C@H](C)C2[C@@H]1/C=C/C=C/C(=O)O. The van der Waals surface area contributed by atoms with Gasteiger partial charge in [0.1, 0.15) is 0 Å². The molecular formula is C21H30O3. The first-order chi connectivity index (χ1) is 11.4. The molecule has 0 aromatic carbocycles. The number of aliphatic hydroxyl groups is 1. The topological polar surface area (TPSA) is 57.5 Å². The van der Waals surface area contributed by atoms with Gasteiger partial charge in [0.25, 0.3) is 0 Å². The van der Waals surface area contributed by atoms with Crippen molar-refractivity contribution in [3.8, 4) is 0 Å². The molecule has 3 unspecified atom stereocenters. The number of hydrogen-bond acceptors (Lipinski definition) is 2. The molecule has 0 saturated heterocycles. The summed E-state index contributed by atoms with van der Waals surface area (Å²) in [6, 6.07) is 0. The van der Waals surface area contributed by atoms with Gasteiger partial charge in [0.15, 0.2) is 0 Å². The number of carbonyl (C=O) groups is 1. The lowest BCUT2D eigenvalue weighted by Gasteiger charge is -2.48. The minimum Gasteiger partial charge on any atom is -0.478 e. The van der Waals surface area contributed by atoms with Crippen LogP contribution in [0.1, 0.15) is 40.5 Å². The van der Waals surface area contributed by atoms with Crippen molar-refractivity contribution < 1.29 is 15.0 Å². The molecule has 0 heterocycles. The van der Waals surface area contributed by atoms with Gasteiger partial charge in [0, 0.05) is 17.9 Å². The van der Waals surface area contributed by atoms with Gasteiger partial charge in [-0.3, -0.25) is 0 Å². The van der Waals surface area contributed by atoms with Gasteiger partial charge in [-0.2, -0.15) is 0 Å². The summed E-state index contributed by atoms with van der Waals surface area (Å²) in [5.41, 5.74) is 2.66. The van der Waals surface area contributed by atoms with E-state index >= 15 is 0 Å². The number of hydrogen-bond donors (Lipinski definition) is 2. The summed E-state index contributed by atoms with van der Waals surface area (Å²) in [4.78, 5) is 10.7. The summed E-state index contributed by atoms with van der Waals surface area (Å²) in [6.07, 6.45) is 12.9. The van der Waals surface area contributed by atoms with Crippen LogP contribution in [0, 0.1) is 29.6 Å². The van der Waals surface area contributed by atoms with Crippen molar-refractivity contribution in [3.63, 3.8) is 0 Å². The number of allylic oxidation sites excluding steroid dienone is 6. The Balaban J connectivity index is 2.42. The quantitative estimate of drug-likeness (QED) is 0.457. The van der Waals surface area contributed by atoms with E-state index in [4.69, 9.17) is 5.11 Å². The highest BCUT2D eigenvalue weighted by atomic mass is 16.4. The molecule has 1 fully saturated rings. The van der Waals surface area contributed by atoms with E-state index in [0.29, 0.717) is 23.7 Å². The molecule has 0 aromatic heterocycles. The van der Waals surface area contributed by atoms with Crippen molar-refractivity contribution in [1.29, 1.82) is 0 Å². The van der Waals surface area contributed by atoms with Crippen LogP contribution in [0.4, 0.5) is 0 Å². The molecule has 0 aliphatic heterocycles. The fraction of sp³-hybridized carbons (Fsp3) is 0.571. The zero-order valence-corrected chi connectivity index (χ0v) is 15.1. The van der Waals surface area contributed by atoms with Crippen LogP contribution in [0.3, 0.4) is 0 Å². The predicted molar refractivity (Wildman–Crippen MR) is 97.5 cm³/mol. The Morgan fingerprint density at radius 3 is 2.62 bits per heavy atom. The van der Waals surface area contributed by atoms with Gasteiger partial charge in [-0.15, -0.1) is 0 Å². The minimum absolute atomic E-state index is 0.202. The molecule has 3 heteroatoms. The van der Waals surface area contributed by atoms with Crippen molar-refractivity contribution in [2.45, 2.75) is 46.6 Å². The number of aliphatic hydroxyl groups excluding tert-OH is 1. The number of rotatable bonds is 4. The summed E-state index contributed by atoms with van der Waals surface area (Å²) >= 11 is 0. The molecule has 24 heavy (non-hydrogen) atoms. The molecule has 0 aromatic rings. The third-order valence-corrected chi connectivity index (χ3v) is 5.87. The standard InChI is InChI=1S/C21H30O3/c1-5-13(2)20-15(4)12-17-18(22)11-10-14(3)21(17)16(20)8-6-7-9-19(23)24/h5-9,12,14,16-18,20-22H,10-11H2,1-4H3,(H,23,24)/b8-6+,9-7+,13-5-/t14-,16+,17?,18?,20+,21?/m0/s1. The summed E-state index contributed by atoms with van der Waals surface area (Å²) in [5.74, 6) is 0.838. The van der Waals surface area contributed by atoms with Crippen molar-refractivity contribution in [2.75, 3.05) is 0 Å². The van der Waals surface area contributed by atoms with E-state index < -0.39 is 5.97 Å². The van der Waals surface area contributed by atoms with Crippen molar-refractivity contribution in [1.82, 2.24) is 0 Å². The number of aliphatic carboxylic acids is 1. The van der Waals surface area contributed by atoms with Crippen LogP contribution in [0.5, 0.6) is 0 Å². The first kappa shape index (κ1) is 18.7. The third-order valence-electron chi connectivity index (χ3n) is 5.87. The first-order valence-corrected chi connectivity index (χ1v) is 8.93. The fourth-order valence-corrected chi connectivity index (χ4v) is 4.66. The van der Waals surface area contributed by atoms with E-state index in [1.54, 1.807) is 6.08 Å². The Bertz CT molecular complexity index is 582. The first-order valence-electron chi connectivity index (χ1n) is 8.93. The molecule has 1 saturated carbocycles. The Hall–Kier alpha value is -1.61. The summed E-state index contributed by atoms with van der Waals surface area (Å²) in [5, 5.41) is 19.3. The normalized spacial score (nSPS) is 37.5. The number of fused-ring (bicyclic) bond motifs is 1. The number of carboxylic acid groups (broad SMARTS) is 1. The van der Waals surface area contributed by atoms with Crippen LogP contribution >= 0.6 is 0 Å². The Kier molecular flexibility index (Phi) is 6.22. The van der Waals surface area contributed by atoms with Gasteiger partial charge in [0.05, 0.1) is 6.10 Å². The van der Waals surface area contributed by atoms with E-state index in [0.717, 1.165) is 18.9 Å². The molecule has 0 radical (unpaired) electrons. The van der Waals surface area contributed by atoms with Crippen LogP contribution in [0.25, 0.3) is 0 Å². The number of carboxylic acids is 1. The highest BCUT2D eigenvalue weighted by molar-refractivity contribution is 5.80. The molecule has 2 aliphatic carbocycles. The molecule has 0 spiro atoms. The smallest absolute Gasteiger partial charge is 0.328 e. The predicted octanol–water partition coefficient (Wildman–Crippen LogP) is 4.37. The third kappa shape index (κ3) is 3.89. The fourth-order valence-electron chi connectivity index (χ4n) is 4.66. The molecule has 6 atom stereocenters. The lowest BCUT2D eigenvalue weighted by molar-refractivity contribution is -0.131. The zero-order valence-electron chi connectivity index (χ0n) is 15.1. The van der Waals surface area contributed by atoms with E-state index in [1.165, 1.54) is 11.1 Å².